The van der Waals surface area contributed by atoms with E-state index in [4.69, 9.17) is 11.6 Å². The smallest absolute Gasteiger partial charge is 0.349 e. The van der Waals surface area contributed by atoms with E-state index < -0.39 is 17.6 Å². The van der Waals surface area contributed by atoms with Crippen LogP contribution < -0.4 is 10.2 Å². The Morgan fingerprint density at radius 1 is 1.13 bits per heavy atom. The molecule has 1 aliphatic carbocycles. The zero-order valence-electron chi connectivity index (χ0n) is 16.1. The van der Waals surface area contributed by atoms with Crippen molar-refractivity contribution in [2.75, 3.05) is 11.4 Å². The van der Waals surface area contributed by atoms with E-state index in [0.29, 0.717) is 24.4 Å². The fraction of sp³-hybridized carbons (Fsp3) is 0.364. The first kappa shape index (κ1) is 22.0. The van der Waals surface area contributed by atoms with E-state index in [1.54, 1.807) is 23.1 Å². The van der Waals surface area contributed by atoms with Crippen LogP contribution in [-0.4, -0.2) is 18.5 Å². The van der Waals surface area contributed by atoms with Gasteiger partial charge in [0.25, 0.3) is 5.91 Å². The monoisotopic (exact) mass is 435 g/mol. The SMILES string of the molecule is N#CN(C[C@H]1CC[C@H](NC(=O)c2cccc(C(F)(F)F)c2)CC1)c1cccc(Cl)c1. The van der Waals surface area contributed by atoms with Crippen LogP contribution in [0.3, 0.4) is 0 Å². The Morgan fingerprint density at radius 3 is 2.47 bits per heavy atom. The summed E-state index contributed by atoms with van der Waals surface area (Å²) in [5.74, 6) is -0.215. The van der Waals surface area contributed by atoms with Gasteiger partial charge in [-0.05, 0) is 68.0 Å². The number of hydrogen-bond acceptors (Lipinski definition) is 3. The number of nitrogens with zero attached hydrogens (tertiary/aromatic N) is 2. The molecule has 158 valence electrons. The number of nitrogens with one attached hydrogen (secondary N) is 1. The molecule has 0 aromatic heterocycles. The van der Waals surface area contributed by atoms with Crippen molar-refractivity contribution in [2.24, 2.45) is 5.92 Å². The number of amides is 1. The minimum atomic E-state index is -4.48. The van der Waals surface area contributed by atoms with Gasteiger partial charge in [-0.3, -0.25) is 9.69 Å². The van der Waals surface area contributed by atoms with Gasteiger partial charge in [0.2, 0.25) is 0 Å². The number of rotatable bonds is 5. The second kappa shape index (κ2) is 9.40. The first-order valence-corrected chi connectivity index (χ1v) is 10.0. The van der Waals surface area contributed by atoms with E-state index in [1.165, 1.54) is 12.1 Å². The van der Waals surface area contributed by atoms with Gasteiger partial charge in [0, 0.05) is 23.2 Å². The van der Waals surface area contributed by atoms with Crippen molar-refractivity contribution >= 4 is 23.2 Å². The molecule has 1 saturated carbocycles. The van der Waals surface area contributed by atoms with Gasteiger partial charge in [-0.1, -0.05) is 23.7 Å². The summed E-state index contributed by atoms with van der Waals surface area (Å²) in [5.41, 5.74) is -0.0926. The molecule has 3 rings (SSSR count). The zero-order chi connectivity index (χ0) is 21.7. The van der Waals surface area contributed by atoms with Crippen LogP contribution in [0.1, 0.15) is 41.6 Å². The van der Waals surface area contributed by atoms with E-state index >= 15 is 0 Å². The molecule has 2 aromatic carbocycles. The van der Waals surface area contributed by atoms with Crippen molar-refractivity contribution in [3.8, 4) is 6.19 Å². The van der Waals surface area contributed by atoms with Gasteiger partial charge in [-0.2, -0.15) is 18.4 Å². The number of hydrogen-bond donors (Lipinski definition) is 1. The molecule has 0 aliphatic heterocycles. The lowest BCUT2D eigenvalue weighted by atomic mass is 9.85. The standard InChI is InChI=1S/C22H21ClF3N3O/c23-18-5-2-6-20(12-18)29(14-27)13-15-7-9-19(10-8-15)28-21(30)16-3-1-4-17(11-16)22(24,25)26/h1-6,11-12,15,19H,7-10,13H2,(H,28,30)/t15-,19-. The molecule has 0 radical (unpaired) electrons. The maximum atomic E-state index is 12.8. The van der Waals surface area contributed by atoms with Crippen LogP contribution in [0.4, 0.5) is 18.9 Å². The Labute approximate surface area is 178 Å². The molecular formula is C22H21ClF3N3O. The van der Waals surface area contributed by atoms with Crippen LogP contribution >= 0.6 is 11.6 Å². The Kier molecular flexibility index (Phi) is 6.88. The van der Waals surface area contributed by atoms with E-state index in [0.717, 1.165) is 30.7 Å². The highest BCUT2D eigenvalue weighted by atomic mass is 35.5. The molecule has 4 nitrogen and oxygen atoms in total. The number of alkyl halides is 3. The molecule has 30 heavy (non-hydrogen) atoms. The van der Waals surface area contributed by atoms with Crippen molar-refractivity contribution in [2.45, 2.75) is 37.9 Å². The van der Waals surface area contributed by atoms with Gasteiger partial charge in [0.1, 0.15) is 0 Å². The third-order valence-corrected chi connectivity index (χ3v) is 5.55. The average molecular weight is 436 g/mol. The van der Waals surface area contributed by atoms with Crippen LogP contribution in [-0.2, 0) is 6.18 Å². The Balaban J connectivity index is 1.53. The maximum absolute atomic E-state index is 12.8. The number of nitriles is 1. The molecule has 0 saturated heterocycles. The van der Waals surface area contributed by atoms with Crippen LogP contribution in [0.5, 0.6) is 0 Å². The highest BCUT2D eigenvalue weighted by Gasteiger charge is 2.31. The highest BCUT2D eigenvalue weighted by molar-refractivity contribution is 6.30. The summed E-state index contributed by atoms with van der Waals surface area (Å²) < 4.78 is 38.5. The van der Waals surface area contributed by atoms with E-state index in [9.17, 15) is 23.2 Å². The fourth-order valence-electron chi connectivity index (χ4n) is 3.70. The molecule has 1 aliphatic rings. The highest BCUT2D eigenvalue weighted by Crippen LogP contribution is 2.30. The van der Waals surface area contributed by atoms with Gasteiger partial charge in [-0.25, -0.2) is 0 Å². The van der Waals surface area contributed by atoms with Gasteiger partial charge in [0.15, 0.2) is 6.19 Å². The molecule has 1 amide bonds. The second-order valence-corrected chi connectivity index (χ2v) is 7.90. The van der Waals surface area contributed by atoms with E-state index in [2.05, 4.69) is 11.5 Å². The summed E-state index contributed by atoms with van der Waals surface area (Å²) in [7, 11) is 0. The minimum absolute atomic E-state index is 0.00330. The summed E-state index contributed by atoms with van der Waals surface area (Å²) in [5, 5.41) is 12.9. The molecule has 8 heteroatoms. The number of carbonyl (C=O) groups excluding carboxylic acids is 1. The van der Waals surface area contributed by atoms with Crippen molar-refractivity contribution in [3.05, 3.63) is 64.7 Å². The van der Waals surface area contributed by atoms with Crippen LogP contribution in [0.25, 0.3) is 0 Å². The molecule has 0 spiro atoms. The lowest BCUT2D eigenvalue weighted by molar-refractivity contribution is -0.137. The Hall–Kier alpha value is -2.72. The first-order chi connectivity index (χ1) is 14.3. The molecule has 2 aromatic rings. The van der Waals surface area contributed by atoms with Gasteiger partial charge in [0.05, 0.1) is 11.3 Å². The van der Waals surface area contributed by atoms with Crippen LogP contribution in [0, 0.1) is 17.4 Å². The summed E-state index contributed by atoms with van der Waals surface area (Å²) in [6, 6.07) is 11.5. The van der Waals surface area contributed by atoms with Gasteiger partial charge >= 0.3 is 6.18 Å². The summed E-state index contributed by atoms with van der Waals surface area (Å²) >= 11 is 6.00. The molecule has 1 N–H and O–H groups in total. The summed E-state index contributed by atoms with van der Waals surface area (Å²) in [6.07, 6.45) is 0.755. The van der Waals surface area contributed by atoms with Crippen LogP contribution in [0.2, 0.25) is 5.02 Å². The topological polar surface area (TPSA) is 56.1 Å². The predicted molar refractivity (Wildman–Crippen MR) is 109 cm³/mol. The van der Waals surface area contributed by atoms with Crippen molar-refractivity contribution in [3.63, 3.8) is 0 Å². The van der Waals surface area contributed by atoms with E-state index in [1.807, 2.05) is 6.07 Å². The average Bonchev–Trinajstić information content (AvgIpc) is 2.72. The largest absolute Gasteiger partial charge is 0.416 e. The summed E-state index contributed by atoms with van der Waals surface area (Å²) in [6.45, 7) is 0.561. The van der Waals surface area contributed by atoms with E-state index in [-0.39, 0.29) is 17.5 Å². The zero-order valence-corrected chi connectivity index (χ0v) is 16.9. The first-order valence-electron chi connectivity index (χ1n) is 9.67. The minimum Gasteiger partial charge on any atom is -0.349 e. The molecule has 0 heterocycles. The lowest BCUT2D eigenvalue weighted by Gasteiger charge is -2.31. The Morgan fingerprint density at radius 2 is 1.83 bits per heavy atom. The van der Waals surface area contributed by atoms with Crippen molar-refractivity contribution < 1.29 is 18.0 Å². The number of anilines is 1. The second-order valence-electron chi connectivity index (χ2n) is 7.46. The third kappa shape index (κ3) is 5.67. The van der Waals surface area contributed by atoms with Crippen LogP contribution in [0.15, 0.2) is 48.5 Å². The molecule has 0 unspecified atom stereocenters. The fourth-order valence-corrected chi connectivity index (χ4v) is 3.89. The molecular weight excluding hydrogens is 415 g/mol. The summed E-state index contributed by atoms with van der Waals surface area (Å²) in [4.78, 5) is 14.0. The third-order valence-electron chi connectivity index (χ3n) is 5.32. The molecule has 0 atom stereocenters. The maximum Gasteiger partial charge on any atom is 0.416 e. The number of benzene rings is 2. The normalized spacial score (nSPS) is 19.0. The molecule has 1 fully saturated rings. The van der Waals surface area contributed by atoms with Gasteiger partial charge in [-0.15, -0.1) is 0 Å². The lowest BCUT2D eigenvalue weighted by Crippen LogP contribution is -2.39. The number of halogens is 4. The molecule has 0 bridgehead atoms. The predicted octanol–water partition coefficient (Wildman–Crippen LogP) is 5.64. The van der Waals surface area contributed by atoms with Crippen molar-refractivity contribution in [1.82, 2.24) is 5.32 Å². The Bertz CT molecular complexity index is 934. The number of carbonyl (C=O) groups is 1. The van der Waals surface area contributed by atoms with Gasteiger partial charge < -0.3 is 5.32 Å². The quantitative estimate of drug-likeness (QED) is 0.488. The van der Waals surface area contributed by atoms with Crippen molar-refractivity contribution in [1.29, 1.82) is 5.26 Å².